The van der Waals surface area contributed by atoms with Gasteiger partial charge in [-0.15, -0.1) is 0 Å². The molecule has 0 N–H and O–H groups in total. The minimum Gasteiger partial charge on any atom is -0.0836 e. The molecule has 0 aliphatic heterocycles. The van der Waals surface area contributed by atoms with Gasteiger partial charge in [-0.3, -0.25) is 0 Å². The number of aryl methyl sites for hydroxylation is 1. The topological polar surface area (TPSA) is 0 Å². The van der Waals surface area contributed by atoms with Crippen LogP contribution in [0.15, 0.2) is 152 Å². The van der Waals surface area contributed by atoms with E-state index in [0.29, 0.717) is 5.92 Å². The fourth-order valence-electron chi connectivity index (χ4n) is 8.21. The summed E-state index contributed by atoms with van der Waals surface area (Å²) in [6.45, 7) is 0. The van der Waals surface area contributed by atoms with Crippen LogP contribution in [0.3, 0.4) is 0 Å². The molecule has 0 bridgehead atoms. The highest BCUT2D eigenvalue weighted by Crippen LogP contribution is 2.42. The molecule has 4 aliphatic carbocycles. The van der Waals surface area contributed by atoms with Crippen molar-refractivity contribution in [3.8, 4) is 11.1 Å². The molecule has 46 heavy (non-hydrogen) atoms. The largest absolute Gasteiger partial charge is 0.0836 e. The van der Waals surface area contributed by atoms with Crippen molar-refractivity contribution >= 4 is 23.3 Å². The van der Waals surface area contributed by atoms with Crippen molar-refractivity contribution in [3.63, 3.8) is 0 Å². The van der Waals surface area contributed by atoms with E-state index in [-0.39, 0.29) is 11.8 Å². The number of fused-ring (bicyclic) bond motifs is 4. The average Bonchev–Trinajstić information content (AvgIpc) is 3.13. The zero-order valence-corrected chi connectivity index (χ0v) is 25.9. The summed E-state index contributed by atoms with van der Waals surface area (Å²) in [5, 5.41) is 2.70. The lowest BCUT2D eigenvalue weighted by atomic mass is 9.69. The first-order valence-electron chi connectivity index (χ1n) is 16.8. The lowest BCUT2D eigenvalue weighted by molar-refractivity contribution is 0.686. The molecule has 0 nitrogen and oxygen atoms in total. The van der Waals surface area contributed by atoms with Crippen LogP contribution in [0.2, 0.25) is 0 Å². The molecule has 0 radical (unpaired) electrons. The molecule has 4 aliphatic rings. The molecular weight excluding hydrogens is 553 g/mol. The third-order valence-electron chi connectivity index (χ3n) is 10.5. The predicted molar refractivity (Wildman–Crippen MR) is 194 cm³/mol. The molecule has 3 unspecified atom stereocenters. The number of rotatable bonds is 4. The van der Waals surface area contributed by atoms with Gasteiger partial charge in [-0.05, 0) is 103 Å². The molecule has 0 amide bonds. The first-order chi connectivity index (χ1) is 22.8. The highest BCUT2D eigenvalue weighted by molar-refractivity contribution is 5.83. The van der Waals surface area contributed by atoms with Gasteiger partial charge < -0.3 is 0 Å². The number of hydrogen-bond acceptors (Lipinski definition) is 0. The van der Waals surface area contributed by atoms with Gasteiger partial charge in [-0.1, -0.05) is 152 Å². The Bertz CT molecular complexity index is 2250. The van der Waals surface area contributed by atoms with Crippen LogP contribution >= 0.6 is 0 Å². The maximum atomic E-state index is 2.47. The van der Waals surface area contributed by atoms with E-state index < -0.39 is 0 Å². The summed E-state index contributed by atoms with van der Waals surface area (Å²) in [5.41, 5.74) is 15.1. The Hall–Kier alpha value is -5.20. The average molecular weight is 589 g/mol. The lowest BCUT2D eigenvalue weighted by Crippen LogP contribution is -2.40. The summed E-state index contributed by atoms with van der Waals surface area (Å²) < 4.78 is 0. The molecule has 0 heterocycles. The summed E-state index contributed by atoms with van der Waals surface area (Å²) in [4.78, 5) is 0. The summed E-state index contributed by atoms with van der Waals surface area (Å²) >= 11 is 0. The molecule has 0 aromatic heterocycles. The molecule has 5 aromatic carbocycles. The normalized spacial score (nSPS) is 20.6. The van der Waals surface area contributed by atoms with Crippen molar-refractivity contribution in [1.29, 1.82) is 0 Å². The predicted octanol–water partition coefficient (Wildman–Crippen LogP) is 9.44. The van der Waals surface area contributed by atoms with Gasteiger partial charge >= 0.3 is 0 Å². The molecule has 5 aromatic rings. The Kier molecular flexibility index (Phi) is 6.67. The maximum Gasteiger partial charge on any atom is 0.0137 e. The zero-order valence-electron chi connectivity index (χ0n) is 25.9. The van der Waals surface area contributed by atoms with Crippen molar-refractivity contribution in [2.75, 3.05) is 0 Å². The molecule has 0 saturated heterocycles. The zero-order chi connectivity index (χ0) is 30.5. The van der Waals surface area contributed by atoms with Crippen LogP contribution in [0.5, 0.6) is 0 Å². The van der Waals surface area contributed by atoms with Crippen LogP contribution in [0.1, 0.15) is 51.3 Å². The highest BCUT2D eigenvalue weighted by Gasteiger charge is 2.32. The Morgan fingerprint density at radius 1 is 0.478 bits per heavy atom. The summed E-state index contributed by atoms with van der Waals surface area (Å²) in [6, 6.07) is 43.5. The van der Waals surface area contributed by atoms with Gasteiger partial charge in [-0.2, -0.15) is 0 Å². The van der Waals surface area contributed by atoms with Crippen LogP contribution in [0.25, 0.3) is 34.4 Å². The summed E-state index contributed by atoms with van der Waals surface area (Å²) in [7, 11) is 0. The fraction of sp³-hybridized carbons (Fsp3) is 0.130. The molecule has 3 atom stereocenters. The van der Waals surface area contributed by atoms with Crippen LogP contribution in [0, 0.1) is 11.8 Å². The molecule has 0 saturated carbocycles. The SMILES string of the molecule is C1=CC2C(c3cccc(-c4ccc5c(c4)C=CCC5)c3)=c3ccccc3=C(c3cccc(C4C=Cc5ccccc5C4)c3)C2C=C1. The van der Waals surface area contributed by atoms with E-state index in [4.69, 9.17) is 0 Å². The lowest BCUT2D eigenvalue weighted by Gasteiger charge is -2.33. The molecule has 220 valence electrons. The van der Waals surface area contributed by atoms with Crippen molar-refractivity contribution in [3.05, 3.63) is 201 Å². The minimum atomic E-state index is 0.265. The van der Waals surface area contributed by atoms with Gasteiger partial charge in [0.25, 0.3) is 0 Å². The van der Waals surface area contributed by atoms with Gasteiger partial charge in [0, 0.05) is 17.8 Å². The third kappa shape index (κ3) is 4.68. The Labute approximate surface area is 271 Å². The van der Waals surface area contributed by atoms with E-state index in [0.717, 1.165) is 19.3 Å². The van der Waals surface area contributed by atoms with Crippen LogP contribution in [-0.2, 0) is 12.8 Å². The van der Waals surface area contributed by atoms with E-state index in [9.17, 15) is 0 Å². The van der Waals surface area contributed by atoms with Gasteiger partial charge in [0.15, 0.2) is 0 Å². The molecule has 0 fully saturated rings. The summed E-state index contributed by atoms with van der Waals surface area (Å²) in [5.74, 6) is 0.919. The monoisotopic (exact) mass is 588 g/mol. The molecule has 0 spiro atoms. The molecule has 9 rings (SSSR count). The van der Waals surface area contributed by atoms with Crippen molar-refractivity contribution in [1.82, 2.24) is 0 Å². The van der Waals surface area contributed by atoms with E-state index >= 15 is 0 Å². The van der Waals surface area contributed by atoms with Gasteiger partial charge in [0.2, 0.25) is 0 Å². The number of allylic oxidation sites excluding steroid dienone is 6. The Morgan fingerprint density at radius 2 is 1.17 bits per heavy atom. The van der Waals surface area contributed by atoms with Crippen LogP contribution < -0.4 is 10.4 Å². The quantitative estimate of drug-likeness (QED) is 0.196. The van der Waals surface area contributed by atoms with E-state index in [1.807, 2.05) is 0 Å². The fourth-order valence-corrected chi connectivity index (χ4v) is 8.21. The first kappa shape index (κ1) is 27.1. The maximum absolute atomic E-state index is 2.47. The van der Waals surface area contributed by atoms with Crippen molar-refractivity contribution in [2.24, 2.45) is 11.8 Å². The second-order valence-electron chi connectivity index (χ2n) is 13.1. The van der Waals surface area contributed by atoms with E-state index in [1.165, 1.54) is 71.7 Å². The Balaban J connectivity index is 1.19. The van der Waals surface area contributed by atoms with Gasteiger partial charge in [-0.25, -0.2) is 0 Å². The van der Waals surface area contributed by atoms with Crippen molar-refractivity contribution < 1.29 is 0 Å². The number of benzene rings is 5. The van der Waals surface area contributed by atoms with E-state index in [2.05, 4.69) is 164 Å². The minimum absolute atomic E-state index is 0.265. The van der Waals surface area contributed by atoms with Gasteiger partial charge in [0.05, 0.1) is 0 Å². The van der Waals surface area contributed by atoms with Crippen LogP contribution in [-0.4, -0.2) is 0 Å². The van der Waals surface area contributed by atoms with Crippen LogP contribution in [0.4, 0.5) is 0 Å². The smallest absolute Gasteiger partial charge is 0.0137 e. The standard InChI is InChI=1S/C46H36/c1-3-13-33-27-37(25-23-31(33)11-1)35-15-9-17-39(29-35)45-41-19-5-7-21-43(41)46(44-22-8-6-20-42(44)45)40-18-10-16-36(30-40)38-26-24-32-12-2-4-14-34(32)28-38/h1,3-11,13-26,28-30,37,41,43H,2,12,27H2. The Morgan fingerprint density at radius 3 is 2.00 bits per heavy atom. The summed E-state index contributed by atoms with van der Waals surface area (Å²) in [6.07, 6.45) is 22.0. The van der Waals surface area contributed by atoms with E-state index in [1.54, 1.807) is 0 Å². The van der Waals surface area contributed by atoms with Crippen molar-refractivity contribution in [2.45, 2.75) is 25.2 Å². The second-order valence-corrected chi connectivity index (χ2v) is 13.1. The molecule has 0 heteroatoms. The number of hydrogen-bond donors (Lipinski definition) is 0. The second kappa shape index (κ2) is 11.3. The highest BCUT2D eigenvalue weighted by atomic mass is 14.3. The van der Waals surface area contributed by atoms with Gasteiger partial charge in [0.1, 0.15) is 0 Å². The molecular formula is C46H36. The third-order valence-corrected chi connectivity index (χ3v) is 10.5. The first-order valence-corrected chi connectivity index (χ1v) is 16.8.